The molecule has 0 aromatic heterocycles. The zero-order valence-electron chi connectivity index (χ0n) is 9.57. The zero-order chi connectivity index (χ0) is 13.0. The van der Waals surface area contributed by atoms with E-state index in [0.29, 0.717) is 22.1 Å². The van der Waals surface area contributed by atoms with E-state index < -0.39 is 12.0 Å². The van der Waals surface area contributed by atoms with Gasteiger partial charge in [0.05, 0.1) is 19.2 Å². The quantitative estimate of drug-likeness (QED) is 0.833. The van der Waals surface area contributed by atoms with Crippen molar-refractivity contribution in [2.45, 2.75) is 12.5 Å². The molecule has 5 nitrogen and oxygen atoms in total. The molecule has 0 saturated heterocycles. The Morgan fingerprint density at radius 3 is 2.59 bits per heavy atom. The Morgan fingerprint density at radius 1 is 1.47 bits per heavy atom. The molecule has 0 fully saturated rings. The fourth-order valence-corrected chi connectivity index (χ4v) is 1.74. The first-order valence-corrected chi connectivity index (χ1v) is 5.26. The van der Waals surface area contributed by atoms with Gasteiger partial charge >= 0.3 is 5.97 Å². The van der Waals surface area contributed by atoms with E-state index >= 15 is 0 Å². The maximum atomic E-state index is 10.7. The maximum Gasteiger partial charge on any atom is 0.320 e. The van der Waals surface area contributed by atoms with Crippen molar-refractivity contribution in [1.29, 1.82) is 0 Å². The average molecular weight is 260 g/mol. The molecule has 0 aliphatic carbocycles. The van der Waals surface area contributed by atoms with Gasteiger partial charge in [0, 0.05) is 0 Å². The summed E-state index contributed by atoms with van der Waals surface area (Å²) in [6.07, 6.45) is 0.176. The van der Waals surface area contributed by atoms with Crippen LogP contribution in [-0.2, 0) is 11.2 Å². The van der Waals surface area contributed by atoms with E-state index in [1.165, 1.54) is 14.2 Å². The van der Waals surface area contributed by atoms with Crippen LogP contribution < -0.4 is 15.2 Å². The number of methoxy groups -OCH3 is 2. The molecule has 17 heavy (non-hydrogen) atoms. The lowest BCUT2D eigenvalue weighted by atomic mass is 10.1. The van der Waals surface area contributed by atoms with Crippen molar-refractivity contribution in [1.82, 2.24) is 0 Å². The van der Waals surface area contributed by atoms with E-state index in [0.717, 1.165) is 0 Å². The van der Waals surface area contributed by atoms with Crippen LogP contribution in [0.25, 0.3) is 0 Å². The average Bonchev–Trinajstić information content (AvgIpc) is 2.27. The molecule has 0 radical (unpaired) electrons. The molecule has 0 spiro atoms. The first-order chi connectivity index (χ1) is 7.99. The minimum atomic E-state index is -1.06. The number of rotatable bonds is 5. The van der Waals surface area contributed by atoms with Crippen molar-refractivity contribution in [2.24, 2.45) is 5.73 Å². The summed E-state index contributed by atoms with van der Waals surface area (Å²) in [4.78, 5) is 10.7. The van der Waals surface area contributed by atoms with Crippen LogP contribution in [0.3, 0.4) is 0 Å². The largest absolute Gasteiger partial charge is 0.493 e. The topological polar surface area (TPSA) is 81.8 Å². The van der Waals surface area contributed by atoms with Gasteiger partial charge in [0.25, 0.3) is 0 Å². The monoisotopic (exact) mass is 259 g/mol. The van der Waals surface area contributed by atoms with Crippen molar-refractivity contribution in [3.63, 3.8) is 0 Å². The van der Waals surface area contributed by atoms with E-state index in [9.17, 15) is 4.79 Å². The van der Waals surface area contributed by atoms with Crippen molar-refractivity contribution < 1.29 is 19.4 Å². The summed E-state index contributed by atoms with van der Waals surface area (Å²) < 4.78 is 10.2. The number of carbonyl (C=O) groups is 1. The molecule has 0 amide bonds. The highest BCUT2D eigenvalue weighted by molar-refractivity contribution is 6.32. The molecule has 1 unspecified atom stereocenters. The lowest BCUT2D eigenvalue weighted by molar-refractivity contribution is -0.138. The number of hydrogen-bond donors (Lipinski definition) is 2. The highest BCUT2D eigenvalue weighted by Gasteiger charge is 2.16. The standard InChI is InChI=1S/C11H14ClNO4/c1-16-9-5-6(4-8(13)11(14)15)3-7(12)10(9)17-2/h3,5,8H,4,13H2,1-2H3,(H,14,15). The van der Waals surface area contributed by atoms with Crippen molar-refractivity contribution in [3.8, 4) is 11.5 Å². The number of carboxylic acids is 1. The van der Waals surface area contributed by atoms with Crippen LogP contribution >= 0.6 is 11.6 Å². The van der Waals surface area contributed by atoms with E-state index in [2.05, 4.69) is 0 Å². The third-order valence-electron chi connectivity index (χ3n) is 2.27. The molecular weight excluding hydrogens is 246 g/mol. The molecule has 0 aliphatic heterocycles. The van der Waals surface area contributed by atoms with Gasteiger partial charge in [-0.15, -0.1) is 0 Å². The zero-order valence-corrected chi connectivity index (χ0v) is 10.3. The van der Waals surface area contributed by atoms with Gasteiger partial charge in [-0.05, 0) is 24.1 Å². The molecule has 0 bridgehead atoms. The third kappa shape index (κ3) is 3.25. The number of benzene rings is 1. The molecule has 94 valence electrons. The minimum Gasteiger partial charge on any atom is -0.493 e. The highest BCUT2D eigenvalue weighted by atomic mass is 35.5. The summed E-state index contributed by atoms with van der Waals surface area (Å²) in [7, 11) is 2.96. The summed E-state index contributed by atoms with van der Waals surface area (Å²) in [6, 6.07) is 2.31. The van der Waals surface area contributed by atoms with Gasteiger partial charge in [-0.2, -0.15) is 0 Å². The smallest absolute Gasteiger partial charge is 0.320 e. The lowest BCUT2D eigenvalue weighted by Crippen LogP contribution is -2.32. The molecule has 0 aliphatic rings. The van der Waals surface area contributed by atoms with E-state index in [1.54, 1.807) is 12.1 Å². The summed E-state index contributed by atoms with van der Waals surface area (Å²) >= 11 is 5.98. The van der Waals surface area contributed by atoms with Gasteiger partial charge < -0.3 is 20.3 Å². The van der Waals surface area contributed by atoms with Gasteiger partial charge in [0.15, 0.2) is 11.5 Å². The van der Waals surface area contributed by atoms with Gasteiger partial charge in [0.1, 0.15) is 6.04 Å². The molecule has 1 atom stereocenters. The van der Waals surface area contributed by atoms with Crippen LogP contribution in [0.15, 0.2) is 12.1 Å². The van der Waals surface area contributed by atoms with E-state index in [4.69, 9.17) is 31.9 Å². The molecule has 3 N–H and O–H groups in total. The van der Waals surface area contributed by atoms with Gasteiger partial charge in [-0.25, -0.2) is 0 Å². The molecule has 0 saturated carbocycles. The Bertz CT molecular complexity index is 422. The maximum absolute atomic E-state index is 10.7. The SMILES string of the molecule is COc1cc(CC(N)C(=O)O)cc(Cl)c1OC. The van der Waals surface area contributed by atoms with Crippen LogP contribution in [0.5, 0.6) is 11.5 Å². The van der Waals surface area contributed by atoms with Crippen molar-refractivity contribution >= 4 is 17.6 Å². The Kier molecular flexibility index (Phi) is 4.60. The fraction of sp³-hybridized carbons (Fsp3) is 0.364. The number of hydrogen-bond acceptors (Lipinski definition) is 4. The Hall–Kier alpha value is -1.46. The normalized spacial score (nSPS) is 12.0. The van der Waals surface area contributed by atoms with E-state index in [1.807, 2.05) is 0 Å². The summed E-state index contributed by atoms with van der Waals surface area (Å²) in [5.74, 6) is -0.190. The molecule has 0 heterocycles. The third-order valence-corrected chi connectivity index (χ3v) is 2.55. The van der Waals surface area contributed by atoms with Crippen LogP contribution in [0.2, 0.25) is 5.02 Å². The van der Waals surface area contributed by atoms with Crippen molar-refractivity contribution in [3.05, 3.63) is 22.7 Å². The first kappa shape index (κ1) is 13.6. The molecular formula is C11H14ClNO4. The summed E-state index contributed by atoms with van der Waals surface area (Å²) in [5, 5.41) is 9.09. The van der Waals surface area contributed by atoms with Crippen LogP contribution in [0.1, 0.15) is 5.56 Å². The number of halogens is 1. The van der Waals surface area contributed by atoms with Crippen LogP contribution in [-0.4, -0.2) is 31.3 Å². The predicted octanol–water partition coefficient (Wildman–Crippen LogP) is 1.31. The Labute approximate surface area is 104 Å². The molecule has 1 aromatic rings. The fourth-order valence-electron chi connectivity index (χ4n) is 1.43. The number of carboxylic acid groups (broad SMARTS) is 1. The van der Waals surface area contributed by atoms with Gasteiger partial charge in [-0.1, -0.05) is 11.6 Å². The van der Waals surface area contributed by atoms with Crippen LogP contribution in [0, 0.1) is 0 Å². The predicted molar refractivity (Wildman–Crippen MR) is 63.9 cm³/mol. The molecule has 6 heteroatoms. The van der Waals surface area contributed by atoms with Gasteiger partial charge in [0.2, 0.25) is 0 Å². The number of nitrogens with two attached hydrogens (primary N) is 1. The summed E-state index contributed by atoms with van der Waals surface area (Å²) in [5.41, 5.74) is 6.13. The number of aliphatic carboxylic acids is 1. The van der Waals surface area contributed by atoms with Crippen molar-refractivity contribution in [2.75, 3.05) is 14.2 Å². The second-order valence-corrected chi connectivity index (χ2v) is 3.87. The molecule has 1 rings (SSSR count). The van der Waals surface area contributed by atoms with E-state index in [-0.39, 0.29) is 6.42 Å². The second kappa shape index (κ2) is 5.75. The second-order valence-electron chi connectivity index (χ2n) is 3.46. The molecule has 1 aromatic carbocycles. The Balaban J connectivity index is 3.03. The first-order valence-electron chi connectivity index (χ1n) is 4.88. The summed E-state index contributed by atoms with van der Waals surface area (Å²) in [6.45, 7) is 0. The Morgan fingerprint density at radius 2 is 2.12 bits per heavy atom. The minimum absolute atomic E-state index is 0.176. The van der Waals surface area contributed by atoms with Gasteiger partial charge in [-0.3, -0.25) is 4.79 Å². The number of ether oxygens (including phenoxy) is 2. The van der Waals surface area contributed by atoms with Crippen LogP contribution in [0.4, 0.5) is 0 Å². The highest BCUT2D eigenvalue weighted by Crippen LogP contribution is 2.36. The lowest BCUT2D eigenvalue weighted by Gasteiger charge is -2.13.